The van der Waals surface area contributed by atoms with Crippen LogP contribution in [0.3, 0.4) is 0 Å². The number of hydrogen-bond donors (Lipinski definition) is 1. The normalized spacial score (nSPS) is 13.3. The fourth-order valence-electron chi connectivity index (χ4n) is 2.83. The minimum absolute atomic E-state index is 0.0230. The summed E-state index contributed by atoms with van der Waals surface area (Å²) in [7, 11) is 0. The molecule has 0 fully saturated rings. The molecule has 0 aliphatic rings. The molecule has 0 radical (unpaired) electrons. The molecule has 0 aliphatic carbocycles. The number of benzene rings is 2. The lowest BCUT2D eigenvalue weighted by molar-refractivity contribution is -0.143. The van der Waals surface area contributed by atoms with Gasteiger partial charge in [0.25, 0.3) is 0 Å². The zero-order valence-electron chi connectivity index (χ0n) is 15.4. The van der Waals surface area contributed by atoms with Crippen molar-refractivity contribution in [1.29, 1.82) is 0 Å². The topological polar surface area (TPSA) is 29.1 Å². The molecule has 1 N–H and O–H groups in total. The van der Waals surface area contributed by atoms with Crippen LogP contribution in [0, 0.1) is 5.82 Å². The van der Waals surface area contributed by atoms with Crippen LogP contribution in [-0.2, 0) is 12.4 Å². The Morgan fingerprint density at radius 1 is 0.933 bits per heavy atom. The maximum Gasteiger partial charge on any atom is 0.416 e. The van der Waals surface area contributed by atoms with E-state index < -0.39 is 47.2 Å². The van der Waals surface area contributed by atoms with Crippen molar-refractivity contribution in [1.82, 2.24) is 5.32 Å². The monoisotopic (exact) mass is 499 g/mol. The minimum Gasteiger partial charge on any atom is -0.309 e. The lowest BCUT2D eigenvalue weighted by Gasteiger charge is -2.17. The van der Waals surface area contributed by atoms with Crippen molar-refractivity contribution in [3.63, 3.8) is 0 Å². The van der Waals surface area contributed by atoms with Crippen molar-refractivity contribution in [3.05, 3.63) is 70.5 Å². The zero-order chi connectivity index (χ0) is 22.5. The number of Topliss-reactive ketones (excluding diaryl/α,β-unsaturated/α-hetero) is 1. The number of carbonyl (C=O) groups excluding carboxylic acids is 1. The molecule has 1 unspecified atom stereocenters. The number of hydrogen-bond acceptors (Lipinski definition) is 2. The van der Waals surface area contributed by atoms with Gasteiger partial charge in [0.1, 0.15) is 5.82 Å². The second kappa shape index (κ2) is 9.91. The smallest absolute Gasteiger partial charge is 0.309 e. The molecule has 30 heavy (non-hydrogen) atoms. The summed E-state index contributed by atoms with van der Waals surface area (Å²) in [6, 6.07) is 6.52. The van der Waals surface area contributed by atoms with Gasteiger partial charge in [0.2, 0.25) is 0 Å². The number of alkyl halides is 7. The highest BCUT2D eigenvalue weighted by Crippen LogP contribution is 2.36. The largest absolute Gasteiger partial charge is 0.416 e. The van der Waals surface area contributed by atoms with Crippen molar-refractivity contribution in [2.45, 2.75) is 24.7 Å². The van der Waals surface area contributed by atoms with E-state index in [1.165, 1.54) is 12.1 Å². The van der Waals surface area contributed by atoms with Gasteiger partial charge in [0, 0.05) is 17.4 Å². The number of halogens is 8. The highest BCUT2D eigenvalue weighted by atomic mass is 79.9. The molecular weight excluding hydrogens is 483 g/mol. The fourth-order valence-corrected chi connectivity index (χ4v) is 3.38. The molecule has 0 saturated heterocycles. The standard InChI is InChI=1S/C20H17BrF7NO/c21-6-5-13(12-1-3-17(22)4-2-12)10-29-11-18(30)14-7-15(19(23,24)25)9-16(8-14)20(26,27)28/h1-4,7-9,13,29H,5-6,10-11H2. The van der Waals surface area contributed by atoms with Gasteiger partial charge in [0.05, 0.1) is 17.7 Å². The third kappa shape index (κ3) is 6.80. The summed E-state index contributed by atoms with van der Waals surface area (Å²) in [5.41, 5.74) is -2.97. The summed E-state index contributed by atoms with van der Waals surface area (Å²) in [5, 5.41) is 3.38. The molecule has 2 rings (SSSR count). The van der Waals surface area contributed by atoms with E-state index in [-0.39, 0.29) is 18.5 Å². The zero-order valence-corrected chi connectivity index (χ0v) is 17.0. The lowest BCUT2D eigenvalue weighted by Crippen LogP contribution is -2.28. The average molecular weight is 500 g/mol. The van der Waals surface area contributed by atoms with E-state index in [2.05, 4.69) is 21.2 Å². The van der Waals surface area contributed by atoms with Gasteiger partial charge < -0.3 is 5.32 Å². The molecule has 0 amide bonds. The summed E-state index contributed by atoms with van der Waals surface area (Å²) < 4.78 is 90.7. The number of carbonyl (C=O) groups is 1. The van der Waals surface area contributed by atoms with Crippen LogP contribution >= 0.6 is 15.9 Å². The Bertz CT molecular complexity index is 831. The molecule has 164 valence electrons. The van der Waals surface area contributed by atoms with Crippen LogP contribution in [0.5, 0.6) is 0 Å². The second-order valence-corrected chi connectivity index (χ2v) is 7.37. The van der Waals surface area contributed by atoms with Gasteiger partial charge in [-0.2, -0.15) is 26.3 Å². The molecule has 0 heterocycles. The summed E-state index contributed by atoms with van der Waals surface area (Å²) in [5.74, 6) is -1.45. The number of nitrogens with one attached hydrogen (secondary N) is 1. The van der Waals surface area contributed by atoms with E-state index in [9.17, 15) is 35.5 Å². The average Bonchev–Trinajstić information content (AvgIpc) is 2.66. The SMILES string of the molecule is O=C(CNCC(CCBr)c1ccc(F)cc1)c1cc(C(F)(F)F)cc(C(F)(F)F)c1. The van der Waals surface area contributed by atoms with E-state index in [1.807, 2.05) is 0 Å². The molecular formula is C20H17BrF7NO. The van der Waals surface area contributed by atoms with Gasteiger partial charge in [-0.3, -0.25) is 4.79 Å². The third-order valence-electron chi connectivity index (χ3n) is 4.38. The van der Waals surface area contributed by atoms with E-state index >= 15 is 0 Å². The van der Waals surface area contributed by atoms with E-state index in [0.717, 1.165) is 5.56 Å². The van der Waals surface area contributed by atoms with E-state index in [1.54, 1.807) is 12.1 Å². The molecule has 1 atom stereocenters. The molecule has 0 saturated carbocycles. The van der Waals surface area contributed by atoms with Crippen LogP contribution in [0.25, 0.3) is 0 Å². The first-order chi connectivity index (χ1) is 13.9. The molecule has 0 spiro atoms. The lowest BCUT2D eigenvalue weighted by atomic mass is 9.96. The Labute approximate surface area is 176 Å². The maximum absolute atomic E-state index is 13.1. The van der Waals surface area contributed by atoms with Crippen LogP contribution < -0.4 is 5.32 Å². The highest BCUT2D eigenvalue weighted by molar-refractivity contribution is 9.09. The van der Waals surface area contributed by atoms with Crippen LogP contribution in [0.2, 0.25) is 0 Å². The highest BCUT2D eigenvalue weighted by Gasteiger charge is 2.37. The van der Waals surface area contributed by atoms with Crippen molar-refractivity contribution < 1.29 is 35.5 Å². The predicted molar refractivity (Wildman–Crippen MR) is 101 cm³/mol. The molecule has 0 bridgehead atoms. The molecule has 2 nitrogen and oxygen atoms in total. The Morgan fingerprint density at radius 2 is 1.47 bits per heavy atom. The van der Waals surface area contributed by atoms with Crippen LogP contribution in [0.4, 0.5) is 30.7 Å². The van der Waals surface area contributed by atoms with Gasteiger partial charge in [-0.15, -0.1) is 0 Å². The van der Waals surface area contributed by atoms with E-state index in [0.29, 0.717) is 23.9 Å². The van der Waals surface area contributed by atoms with E-state index in [4.69, 9.17) is 0 Å². The third-order valence-corrected chi connectivity index (χ3v) is 4.84. The summed E-state index contributed by atoms with van der Waals surface area (Å²) in [6.45, 7) is -0.216. The second-order valence-electron chi connectivity index (χ2n) is 6.57. The van der Waals surface area contributed by atoms with Crippen LogP contribution in [0.15, 0.2) is 42.5 Å². The first-order valence-electron chi connectivity index (χ1n) is 8.76. The number of rotatable bonds is 8. The molecule has 10 heteroatoms. The molecule has 0 aromatic heterocycles. The first-order valence-corrected chi connectivity index (χ1v) is 9.88. The summed E-state index contributed by atoms with van der Waals surface area (Å²) >= 11 is 3.29. The van der Waals surface area contributed by atoms with Gasteiger partial charge in [0.15, 0.2) is 5.78 Å². The minimum atomic E-state index is -5.02. The Kier molecular flexibility index (Phi) is 8.04. The molecule has 0 aliphatic heterocycles. The van der Waals surface area contributed by atoms with Gasteiger partial charge in [-0.05, 0) is 48.2 Å². The Balaban J connectivity index is 2.13. The summed E-state index contributed by atoms with van der Waals surface area (Å²) in [6.07, 6.45) is -9.42. The van der Waals surface area contributed by atoms with Crippen LogP contribution in [-0.4, -0.2) is 24.2 Å². The Hall–Kier alpha value is -1.94. The Morgan fingerprint density at radius 3 is 1.93 bits per heavy atom. The number of ketones is 1. The predicted octanol–water partition coefficient (Wildman–Crippen LogP) is 6.20. The molecule has 2 aromatic rings. The van der Waals surface area contributed by atoms with Crippen LogP contribution in [0.1, 0.15) is 39.4 Å². The van der Waals surface area contributed by atoms with Crippen molar-refractivity contribution in [2.24, 2.45) is 0 Å². The van der Waals surface area contributed by atoms with Gasteiger partial charge in [-0.1, -0.05) is 28.1 Å². The van der Waals surface area contributed by atoms with Crippen molar-refractivity contribution in [2.75, 3.05) is 18.4 Å². The summed E-state index contributed by atoms with van der Waals surface area (Å²) in [4.78, 5) is 12.3. The fraction of sp³-hybridized carbons (Fsp3) is 0.350. The van der Waals surface area contributed by atoms with Crippen molar-refractivity contribution >= 4 is 21.7 Å². The van der Waals surface area contributed by atoms with Gasteiger partial charge >= 0.3 is 12.4 Å². The maximum atomic E-state index is 13.1. The molecule has 2 aromatic carbocycles. The quantitative estimate of drug-likeness (QED) is 0.266. The van der Waals surface area contributed by atoms with Gasteiger partial charge in [-0.25, -0.2) is 4.39 Å². The van der Waals surface area contributed by atoms with Crippen molar-refractivity contribution in [3.8, 4) is 0 Å². The first kappa shape index (κ1) is 24.3.